The predicted molar refractivity (Wildman–Crippen MR) is 83.0 cm³/mol. The van der Waals surface area contributed by atoms with Gasteiger partial charge in [0.25, 0.3) is 0 Å². The van der Waals surface area contributed by atoms with Crippen LogP contribution in [-0.4, -0.2) is 35.7 Å². The Bertz CT molecular complexity index is 586. The van der Waals surface area contributed by atoms with E-state index in [4.69, 9.17) is 9.47 Å². The molecule has 0 aliphatic heterocycles. The molecular formula is C15H19BrN2O3. The van der Waals surface area contributed by atoms with Gasteiger partial charge in [-0.05, 0) is 27.1 Å². The van der Waals surface area contributed by atoms with E-state index in [-0.39, 0.29) is 0 Å². The van der Waals surface area contributed by atoms with Crippen molar-refractivity contribution in [3.63, 3.8) is 0 Å². The van der Waals surface area contributed by atoms with Gasteiger partial charge in [0.1, 0.15) is 6.10 Å². The molecule has 21 heavy (non-hydrogen) atoms. The smallest absolute Gasteiger partial charge is 0.122 e. The van der Waals surface area contributed by atoms with Gasteiger partial charge < -0.3 is 14.6 Å². The highest BCUT2D eigenvalue weighted by molar-refractivity contribution is 9.10. The molecule has 0 saturated carbocycles. The van der Waals surface area contributed by atoms with E-state index >= 15 is 0 Å². The zero-order chi connectivity index (χ0) is 15.2. The second kappa shape index (κ2) is 7.70. The summed E-state index contributed by atoms with van der Waals surface area (Å²) in [5.74, 6) is 0. The number of aliphatic hydroxyl groups excluding tert-OH is 1. The topological polar surface area (TPSA) is 56.5 Å². The molecule has 0 bridgehead atoms. The highest BCUT2D eigenvalue weighted by atomic mass is 79.9. The van der Waals surface area contributed by atoms with Gasteiger partial charge in [-0.1, -0.05) is 24.3 Å². The van der Waals surface area contributed by atoms with E-state index < -0.39 is 6.10 Å². The lowest BCUT2D eigenvalue weighted by Gasteiger charge is -2.17. The van der Waals surface area contributed by atoms with Gasteiger partial charge in [-0.15, -0.1) is 0 Å². The quantitative estimate of drug-likeness (QED) is 0.829. The number of methoxy groups -OCH3 is 2. The zero-order valence-corrected chi connectivity index (χ0v) is 13.7. The first-order chi connectivity index (χ1) is 10.2. The molecule has 1 heterocycles. The minimum Gasteiger partial charge on any atom is -0.383 e. The first kappa shape index (κ1) is 16.2. The van der Waals surface area contributed by atoms with Crippen molar-refractivity contribution >= 4 is 15.9 Å². The standard InChI is InChI=1S/C15H19BrN2O3/c1-20-8-7-18-14(13(16)9-17-18)15(19)12-6-4-3-5-11(12)10-21-2/h3-6,9,15,19H,7-8,10H2,1-2H3. The molecule has 0 aliphatic carbocycles. The molecule has 114 valence electrons. The van der Waals surface area contributed by atoms with Crippen LogP contribution in [0.5, 0.6) is 0 Å². The van der Waals surface area contributed by atoms with Crippen LogP contribution < -0.4 is 0 Å². The van der Waals surface area contributed by atoms with Crippen molar-refractivity contribution in [2.75, 3.05) is 20.8 Å². The Morgan fingerprint density at radius 3 is 2.76 bits per heavy atom. The summed E-state index contributed by atoms with van der Waals surface area (Å²) >= 11 is 3.46. The number of ether oxygens (including phenoxy) is 2. The lowest BCUT2D eigenvalue weighted by atomic mass is 10.0. The summed E-state index contributed by atoms with van der Waals surface area (Å²) in [5.41, 5.74) is 2.49. The Hall–Kier alpha value is -1.21. The van der Waals surface area contributed by atoms with Gasteiger partial charge in [0.2, 0.25) is 0 Å². The molecule has 0 amide bonds. The first-order valence-electron chi connectivity index (χ1n) is 6.64. The maximum atomic E-state index is 10.8. The maximum Gasteiger partial charge on any atom is 0.122 e. The molecule has 0 fully saturated rings. The van der Waals surface area contributed by atoms with Crippen molar-refractivity contribution in [2.24, 2.45) is 0 Å². The molecule has 0 spiro atoms. The van der Waals surface area contributed by atoms with Crippen LogP contribution in [0.25, 0.3) is 0 Å². The predicted octanol–water partition coefficient (Wildman–Crippen LogP) is 2.52. The van der Waals surface area contributed by atoms with E-state index in [1.54, 1.807) is 25.1 Å². The van der Waals surface area contributed by atoms with Crippen LogP contribution in [0.1, 0.15) is 22.9 Å². The SMILES string of the molecule is COCCn1ncc(Br)c1C(O)c1ccccc1COC. The van der Waals surface area contributed by atoms with Crippen LogP contribution in [0.2, 0.25) is 0 Å². The summed E-state index contributed by atoms with van der Waals surface area (Å²) in [6, 6.07) is 7.69. The highest BCUT2D eigenvalue weighted by Gasteiger charge is 2.21. The van der Waals surface area contributed by atoms with Crippen LogP contribution in [0, 0.1) is 0 Å². The largest absolute Gasteiger partial charge is 0.383 e. The van der Waals surface area contributed by atoms with Crippen molar-refractivity contribution < 1.29 is 14.6 Å². The van der Waals surface area contributed by atoms with Crippen LogP contribution in [0.3, 0.4) is 0 Å². The van der Waals surface area contributed by atoms with Crippen molar-refractivity contribution in [1.82, 2.24) is 9.78 Å². The third-order valence-electron chi connectivity index (χ3n) is 3.25. The summed E-state index contributed by atoms with van der Waals surface area (Å²) in [5, 5.41) is 15.0. The summed E-state index contributed by atoms with van der Waals surface area (Å²) in [4.78, 5) is 0. The zero-order valence-electron chi connectivity index (χ0n) is 12.1. The van der Waals surface area contributed by atoms with Crippen LogP contribution >= 0.6 is 15.9 Å². The second-order valence-electron chi connectivity index (χ2n) is 4.63. The van der Waals surface area contributed by atoms with Gasteiger partial charge in [-0.25, -0.2) is 0 Å². The normalized spacial score (nSPS) is 12.6. The van der Waals surface area contributed by atoms with E-state index in [9.17, 15) is 5.11 Å². The lowest BCUT2D eigenvalue weighted by Crippen LogP contribution is -2.14. The minimum atomic E-state index is -0.773. The summed E-state index contributed by atoms with van der Waals surface area (Å²) in [6.45, 7) is 1.57. The van der Waals surface area contributed by atoms with Gasteiger partial charge in [0, 0.05) is 14.2 Å². The van der Waals surface area contributed by atoms with Crippen LogP contribution in [0.4, 0.5) is 0 Å². The average molecular weight is 355 g/mol. The average Bonchev–Trinajstić information content (AvgIpc) is 2.86. The fourth-order valence-corrected chi connectivity index (χ4v) is 2.75. The Balaban J connectivity index is 2.35. The van der Waals surface area contributed by atoms with Gasteiger partial charge >= 0.3 is 0 Å². The number of hydrogen-bond donors (Lipinski definition) is 1. The summed E-state index contributed by atoms with van der Waals surface area (Å²) in [6.07, 6.45) is 0.915. The van der Waals surface area contributed by atoms with Gasteiger partial charge in [0.15, 0.2) is 0 Å². The van der Waals surface area contributed by atoms with E-state index in [1.807, 2.05) is 24.3 Å². The number of nitrogens with zero attached hydrogens (tertiary/aromatic N) is 2. The molecule has 0 saturated heterocycles. The third-order valence-corrected chi connectivity index (χ3v) is 3.86. The summed E-state index contributed by atoms with van der Waals surface area (Å²) < 4.78 is 12.8. The van der Waals surface area contributed by atoms with Crippen molar-refractivity contribution in [1.29, 1.82) is 0 Å². The van der Waals surface area contributed by atoms with Crippen molar-refractivity contribution in [3.8, 4) is 0 Å². The Kier molecular flexibility index (Phi) is 5.93. The molecule has 2 aromatic rings. The number of aromatic nitrogens is 2. The lowest BCUT2D eigenvalue weighted by molar-refractivity contribution is 0.164. The minimum absolute atomic E-state index is 0.455. The van der Waals surface area contributed by atoms with Gasteiger partial charge in [-0.3, -0.25) is 4.68 Å². The fourth-order valence-electron chi connectivity index (χ4n) is 2.23. The fraction of sp³-hybridized carbons (Fsp3) is 0.400. The van der Waals surface area contributed by atoms with Crippen molar-refractivity contribution in [3.05, 3.63) is 51.8 Å². The Morgan fingerprint density at radius 1 is 1.29 bits per heavy atom. The molecule has 2 rings (SSSR count). The molecule has 1 aromatic carbocycles. The Labute approximate surface area is 132 Å². The van der Waals surface area contributed by atoms with Crippen LogP contribution in [0.15, 0.2) is 34.9 Å². The van der Waals surface area contributed by atoms with E-state index in [0.717, 1.165) is 21.3 Å². The first-order valence-corrected chi connectivity index (χ1v) is 7.43. The van der Waals surface area contributed by atoms with E-state index in [1.165, 1.54) is 0 Å². The molecule has 0 aliphatic rings. The maximum absolute atomic E-state index is 10.8. The summed E-state index contributed by atoms with van der Waals surface area (Å²) in [7, 11) is 3.28. The molecular weight excluding hydrogens is 336 g/mol. The van der Waals surface area contributed by atoms with Crippen molar-refractivity contribution in [2.45, 2.75) is 19.3 Å². The highest BCUT2D eigenvalue weighted by Crippen LogP contribution is 2.30. The van der Waals surface area contributed by atoms with Gasteiger partial charge in [-0.2, -0.15) is 5.10 Å². The molecule has 0 radical (unpaired) electrons. The number of rotatable bonds is 7. The monoisotopic (exact) mass is 354 g/mol. The van der Waals surface area contributed by atoms with E-state index in [2.05, 4.69) is 21.0 Å². The number of hydrogen-bond acceptors (Lipinski definition) is 4. The van der Waals surface area contributed by atoms with E-state index in [0.29, 0.717) is 19.8 Å². The Morgan fingerprint density at radius 2 is 2.05 bits per heavy atom. The molecule has 1 N–H and O–H groups in total. The molecule has 5 nitrogen and oxygen atoms in total. The number of halogens is 1. The number of benzene rings is 1. The second-order valence-corrected chi connectivity index (χ2v) is 5.48. The van der Waals surface area contributed by atoms with Gasteiger partial charge in [0.05, 0.1) is 36.1 Å². The molecule has 1 unspecified atom stereocenters. The molecule has 1 aromatic heterocycles. The number of aliphatic hydroxyl groups is 1. The van der Waals surface area contributed by atoms with Crippen LogP contribution in [-0.2, 0) is 22.6 Å². The molecule has 6 heteroatoms. The molecule has 1 atom stereocenters. The third kappa shape index (κ3) is 3.71.